The van der Waals surface area contributed by atoms with Gasteiger partial charge in [-0.05, 0) is 26.3 Å². The molecule has 0 aromatic rings. The average molecular weight is 270 g/mol. The van der Waals surface area contributed by atoms with E-state index in [0.717, 1.165) is 32.4 Å². The van der Waals surface area contributed by atoms with Gasteiger partial charge in [-0.1, -0.05) is 26.2 Å². The van der Waals surface area contributed by atoms with E-state index in [2.05, 4.69) is 22.1 Å². The van der Waals surface area contributed by atoms with Gasteiger partial charge in [0.15, 0.2) is 5.96 Å². The van der Waals surface area contributed by atoms with Crippen LogP contribution in [0.5, 0.6) is 0 Å². The van der Waals surface area contributed by atoms with E-state index in [1.807, 2.05) is 7.05 Å². The Morgan fingerprint density at radius 3 is 2.84 bits per heavy atom. The van der Waals surface area contributed by atoms with E-state index in [0.29, 0.717) is 12.0 Å². The molecule has 0 bridgehead atoms. The number of nitrogens with two attached hydrogens (primary N) is 1. The van der Waals surface area contributed by atoms with Gasteiger partial charge in [0, 0.05) is 20.2 Å². The second-order valence-corrected chi connectivity index (χ2v) is 5.13. The summed E-state index contributed by atoms with van der Waals surface area (Å²) in [5.41, 5.74) is 5.98. The molecule has 5 heteroatoms. The predicted molar refractivity (Wildman–Crippen MR) is 80.2 cm³/mol. The van der Waals surface area contributed by atoms with E-state index in [1.54, 1.807) is 7.05 Å². The Morgan fingerprint density at radius 1 is 1.42 bits per heavy atom. The number of likely N-dealkylation sites (tertiary alicyclic amines) is 1. The van der Waals surface area contributed by atoms with E-state index in [1.165, 1.54) is 19.3 Å². The van der Waals surface area contributed by atoms with E-state index in [4.69, 9.17) is 10.5 Å². The first kappa shape index (κ1) is 16.2. The number of ether oxygens (including phenoxy) is 1. The van der Waals surface area contributed by atoms with Gasteiger partial charge in [-0.15, -0.1) is 0 Å². The van der Waals surface area contributed by atoms with Crippen LogP contribution in [0.2, 0.25) is 0 Å². The van der Waals surface area contributed by atoms with Crippen LogP contribution >= 0.6 is 0 Å². The van der Waals surface area contributed by atoms with Crippen molar-refractivity contribution in [2.45, 2.75) is 57.7 Å². The Kier molecular flexibility index (Phi) is 7.82. The lowest BCUT2D eigenvalue weighted by atomic mass is 10.0. The molecule has 112 valence electrons. The molecule has 2 atom stereocenters. The smallest absolute Gasteiger partial charge is 0.193 e. The molecule has 5 nitrogen and oxygen atoms in total. The monoisotopic (exact) mass is 270 g/mol. The molecule has 0 aromatic heterocycles. The van der Waals surface area contributed by atoms with Crippen molar-refractivity contribution in [2.24, 2.45) is 10.7 Å². The normalized spacial score (nSPS) is 24.8. The molecular formula is C14H30N4O. The first-order valence-corrected chi connectivity index (χ1v) is 7.52. The zero-order valence-electron chi connectivity index (χ0n) is 12.7. The number of piperidine rings is 1. The number of likely N-dealkylation sites (N-methyl/N-ethyl adjacent to an activating group) is 1. The Hall–Kier alpha value is -0.810. The Labute approximate surface area is 117 Å². The fourth-order valence-electron chi connectivity index (χ4n) is 2.57. The van der Waals surface area contributed by atoms with E-state index in [9.17, 15) is 0 Å². The van der Waals surface area contributed by atoms with Crippen LogP contribution in [0.3, 0.4) is 0 Å². The molecule has 1 fully saturated rings. The van der Waals surface area contributed by atoms with Gasteiger partial charge < -0.3 is 20.7 Å². The van der Waals surface area contributed by atoms with Gasteiger partial charge in [0.1, 0.15) is 6.23 Å². The predicted octanol–water partition coefficient (Wildman–Crippen LogP) is 1.54. The molecule has 0 spiro atoms. The standard InChI is InChI=1S/C14H30N4O/c1-4-5-6-7-11-19-13-12(16-2)9-8-10-18(13)14(15)17-3/h12-13,16H,4-11H2,1-3H3,(H2,15,17). The van der Waals surface area contributed by atoms with Crippen molar-refractivity contribution < 1.29 is 4.74 Å². The second kappa shape index (κ2) is 9.15. The zero-order valence-corrected chi connectivity index (χ0v) is 12.7. The van der Waals surface area contributed by atoms with Crippen LogP contribution in [0.4, 0.5) is 0 Å². The topological polar surface area (TPSA) is 62.9 Å². The van der Waals surface area contributed by atoms with Crippen LogP contribution in [0.25, 0.3) is 0 Å². The Balaban J connectivity index is 2.49. The van der Waals surface area contributed by atoms with Gasteiger partial charge in [0.05, 0.1) is 6.04 Å². The van der Waals surface area contributed by atoms with Crippen LogP contribution in [0, 0.1) is 0 Å². The average Bonchev–Trinajstić information content (AvgIpc) is 2.46. The minimum Gasteiger partial charge on any atom is -0.370 e. The largest absolute Gasteiger partial charge is 0.370 e. The first-order valence-electron chi connectivity index (χ1n) is 7.52. The highest BCUT2D eigenvalue weighted by Crippen LogP contribution is 2.19. The molecule has 0 aromatic carbocycles. The van der Waals surface area contributed by atoms with Gasteiger partial charge in [-0.3, -0.25) is 4.99 Å². The first-order chi connectivity index (χ1) is 9.24. The summed E-state index contributed by atoms with van der Waals surface area (Å²) in [5, 5.41) is 3.34. The van der Waals surface area contributed by atoms with Crippen molar-refractivity contribution in [1.82, 2.24) is 10.2 Å². The minimum absolute atomic E-state index is 0.0177. The maximum atomic E-state index is 6.07. The lowest BCUT2D eigenvalue weighted by molar-refractivity contribution is -0.0669. The number of nitrogens with one attached hydrogen (secondary N) is 1. The summed E-state index contributed by atoms with van der Waals surface area (Å²) in [6, 6.07) is 0.334. The van der Waals surface area contributed by atoms with Gasteiger partial charge in [0.25, 0.3) is 0 Å². The molecule has 0 aliphatic carbocycles. The number of aliphatic imine (C=N–C) groups is 1. The molecule has 1 saturated heterocycles. The van der Waals surface area contributed by atoms with Gasteiger partial charge >= 0.3 is 0 Å². The molecule has 1 aliphatic heterocycles. The molecule has 1 heterocycles. The third-order valence-electron chi connectivity index (χ3n) is 3.75. The molecule has 0 saturated carbocycles. The summed E-state index contributed by atoms with van der Waals surface area (Å²) in [5.74, 6) is 0.582. The van der Waals surface area contributed by atoms with Crippen molar-refractivity contribution in [1.29, 1.82) is 0 Å². The minimum atomic E-state index is 0.0177. The fourth-order valence-corrected chi connectivity index (χ4v) is 2.57. The van der Waals surface area contributed by atoms with E-state index >= 15 is 0 Å². The quantitative estimate of drug-likeness (QED) is 0.418. The molecular weight excluding hydrogens is 240 g/mol. The highest BCUT2D eigenvalue weighted by atomic mass is 16.5. The van der Waals surface area contributed by atoms with Gasteiger partial charge in [-0.2, -0.15) is 0 Å². The van der Waals surface area contributed by atoms with E-state index < -0.39 is 0 Å². The molecule has 1 aliphatic rings. The number of hydrogen-bond donors (Lipinski definition) is 2. The van der Waals surface area contributed by atoms with Crippen LogP contribution < -0.4 is 11.1 Å². The molecule has 3 N–H and O–H groups in total. The second-order valence-electron chi connectivity index (χ2n) is 5.13. The Bertz CT molecular complexity index is 270. The number of hydrogen-bond acceptors (Lipinski definition) is 3. The molecule has 0 amide bonds. The van der Waals surface area contributed by atoms with Crippen molar-refractivity contribution in [3.05, 3.63) is 0 Å². The lowest BCUT2D eigenvalue weighted by Gasteiger charge is -2.41. The SMILES string of the molecule is CCCCCCOC1C(NC)CCCN1C(N)=NC. The number of nitrogens with zero attached hydrogens (tertiary/aromatic N) is 2. The highest BCUT2D eigenvalue weighted by molar-refractivity contribution is 5.78. The number of rotatable bonds is 7. The molecule has 0 radical (unpaired) electrons. The number of unbranched alkanes of at least 4 members (excludes halogenated alkanes) is 3. The molecule has 19 heavy (non-hydrogen) atoms. The van der Waals surface area contributed by atoms with Gasteiger partial charge in [0.2, 0.25) is 0 Å². The van der Waals surface area contributed by atoms with Crippen molar-refractivity contribution in [3.63, 3.8) is 0 Å². The summed E-state index contributed by atoms with van der Waals surface area (Å²) in [7, 11) is 3.72. The van der Waals surface area contributed by atoms with Crippen molar-refractivity contribution >= 4 is 5.96 Å². The maximum Gasteiger partial charge on any atom is 0.193 e. The van der Waals surface area contributed by atoms with Crippen LogP contribution in [-0.2, 0) is 4.74 Å². The summed E-state index contributed by atoms with van der Waals surface area (Å²) >= 11 is 0. The van der Waals surface area contributed by atoms with Crippen LogP contribution in [0.15, 0.2) is 4.99 Å². The van der Waals surface area contributed by atoms with Crippen molar-refractivity contribution in [2.75, 3.05) is 27.2 Å². The summed E-state index contributed by atoms with van der Waals surface area (Å²) < 4.78 is 6.07. The summed E-state index contributed by atoms with van der Waals surface area (Å²) in [6.45, 7) is 3.95. The van der Waals surface area contributed by atoms with Crippen LogP contribution in [0.1, 0.15) is 45.4 Å². The number of guanidine groups is 1. The maximum absolute atomic E-state index is 6.07. The molecule has 1 rings (SSSR count). The zero-order chi connectivity index (χ0) is 14.1. The summed E-state index contributed by atoms with van der Waals surface area (Å²) in [4.78, 5) is 6.19. The molecule has 2 unspecified atom stereocenters. The fraction of sp³-hybridized carbons (Fsp3) is 0.929. The highest BCUT2D eigenvalue weighted by Gasteiger charge is 2.32. The summed E-state index contributed by atoms with van der Waals surface area (Å²) in [6.07, 6.45) is 7.17. The van der Waals surface area contributed by atoms with E-state index in [-0.39, 0.29) is 6.23 Å². The van der Waals surface area contributed by atoms with Crippen molar-refractivity contribution in [3.8, 4) is 0 Å². The van der Waals surface area contributed by atoms with Crippen LogP contribution in [-0.4, -0.2) is 50.4 Å². The third kappa shape index (κ3) is 4.99. The van der Waals surface area contributed by atoms with Gasteiger partial charge in [-0.25, -0.2) is 0 Å². The third-order valence-corrected chi connectivity index (χ3v) is 3.75. The Morgan fingerprint density at radius 2 is 2.21 bits per heavy atom. The lowest BCUT2D eigenvalue weighted by Crippen LogP contribution is -2.58.